The average molecular weight is 299 g/mol. The Labute approximate surface area is 131 Å². The minimum absolute atomic E-state index is 0.0585. The fourth-order valence-electron chi connectivity index (χ4n) is 2.33. The number of benzene rings is 2. The number of rotatable bonds is 3. The highest BCUT2D eigenvalue weighted by atomic mass is 19.1. The first kappa shape index (κ1) is 16.2. The highest BCUT2D eigenvalue weighted by Crippen LogP contribution is 2.23. The number of nitrogens with zero attached hydrogens (tertiary/aromatic N) is 1. The van der Waals surface area contributed by atoms with E-state index in [1.54, 1.807) is 17.0 Å². The van der Waals surface area contributed by atoms with Crippen molar-refractivity contribution in [3.8, 4) is 0 Å². The molecule has 0 saturated heterocycles. The van der Waals surface area contributed by atoms with E-state index in [0.717, 1.165) is 0 Å². The summed E-state index contributed by atoms with van der Waals surface area (Å²) < 4.78 is 13.0. The minimum atomic E-state index is -0.304. The van der Waals surface area contributed by atoms with Gasteiger partial charge in [0, 0.05) is 17.8 Å². The number of carbonyl (C=O) groups excluding carboxylic acids is 1. The van der Waals surface area contributed by atoms with E-state index in [-0.39, 0.29) is 17.1 Å². The van der Waals surface area contributed by atoms with Crippen molar-refractivity contribution in [2.75, 3.05) is 11.4 Å². The van der Waals surface area contributed by atoms with E-state index in [0.29, 0.717) is 17.8 Å². The van der Waals surface area contributed by atoms with Gasteiger partial charge in [0.05, 0.1) is 0 Å². The van der Waals surface area contributed by atoms with Crippen molar-refractivity contribution < 1.29 is 9.18 Å². The Morgan fingerprint density at radius 3 is 2.00 bits per heavy atom. The van der Waals surface area contributed by atoms with Crippen LogP contribution in [0.3, 0.4) is 0 Å². The van der Waals surface area contributed by atoms with E-state index in [9.17, 15) is 9.18 Å². The number of hydrogen-bond acceptors (Lipinski definition) is 1. The van der Waals surface area contributed by atoms with Crippen molar-refractivity contribution in [2.45, 2.75) is 33.1 Å². The van der Waals surface area contributed by atoms with Crippen LogP contribution in [0, 0.1) is 5.82 Å². The first-order valence-electron chi connectivity index (χ1n) is 7.51. The highest BCUT2D eigenvalue weighted by Gasteiger charge is 2.18. The molecule has 2 aromatic rings. The zero-order valence-corrected chi connectivity index (χ0v) is 13.6. The molecule has 116 valence electrons. The molecule has 0 spiro atoms. The Balaban J connectivity index is 2.27. The molecule has 0 atom stereocenters. The van der Waals surface area contributed by atoms with E-state index in [1.165, 1.54) is 17.7 Å². The van der Waals surface area contributed by atoms with Crippen molar-refractivity contribution in [3.05, 3.63) is 65.5 Å². The molecule has 0 aromatic heterocycles. The molecular formula is C19H22FNO. The molecule has 0 fully saturated rings. The molecule has 0 N–H and O–H groups in total. The van der Waals surface area contributed by atoms with Crippen molar-refractivity contribution >= 4 is 11.6 Å². The summed E-state index contributed by atoms with van der Waals surface area (Å²) in [5, 5.41) is 0. The highest BCUT2D eigenvalue weighted by molar-refractivity contribution is 6.06. The summed E-state index contributed by atoms with van der Waals surface area (Å²) in [5.41, 5.74) is 2.59. The number of hydrogen-bond donors (Lipinski definition) is 0. The lowest BCUT2D eigenvalue weighted by molar-refractivity contribution is 0.0988. The molecule has 0 aliphatic carbocycles. The van der Waals surface area contributed by atoms with Crippen LogP contribution < -0.4 is 4.90 Å². The third-order valence-corrected chi connectivity index (χ3v) is 3.70. The van der Waals surface area contributed by atoms with Crippen LogP contribution in [0.4, 0.5) is 10.1 Å². The summed E-state index contributed by atoms with van der Waals surface area (Å²) in [7, 11) is 0. The predicted octanol–water partition coefficient (Wildman–Crippen LogP) is 4.79. The van der Waals surface area contributed by atoms with Gasteiger partial charge in [0.1, 0.15) is 5.82 Å². The van der Waals surface area contributed by atoms with Crippen LogP contribution in [0.1, 0.15) is 43.6 Å². The Bertz CT molecular complexity index is 639. The first-order valence-corrected chi connectivity index (χ1v) is 7.51. The fourth-order valence-corrected chi connectivity index (χ4v) is 2.33. The summed E-state index contributed by atoms with van der Waals surface area (Å²) in [4.78, 5) is 14.3. The fraction of sp³-hybridized carbons (Fsp3) is 0.316. The van der Waals surface area contributed by atoms with Crippen LogP contribution in [0.25, 0.3) is 0 Å². The standard InChI is InChI=1S/C19H22FNO/c1-5-21(17-12-10-16(20)11-13-17)18(22)14-6-8-15(9-7-14)19(2,3)4/h6-13H,5H2,1-4H3. The average Bonchev–Trinajstić information content (AvgIpc) is 2.49. The topological polar surface area (TPSA) is 20.3 Å². The Morgan fingerprint density at radius 2 is 1.55 bits per heavy atom. The van der Waals surface area contributed by atoms with Gasteiger partial charge in [-0.05, 0) is 54.3 Å². The monoisotopic (exact) mass is 299 g/mol. The summed E-state index contributed by atoms with van der Waals surface area (Å²) in [6, 6.07) is 13.7. The van der Waals surface area contributed by atoms with Gasteiger partial charge in [-0.15, -0.1) is 0 Å². The van der Waals surface area contributed by atoms with Gasteiger partial charge in [-0.2, -0.15) is 0 Å². The zero-order valence-electron chi connectivity index (χ0n) is 13.6. The maximum absolute atomic E-state index is 13.0. The van der Waals surface area contributed by atoms with Gasteiger partial charge in [0.15, 0.2) is 0 Å². The van der Waals surface area contributed by atoms with Crippen LogP contribution in [0.15, 0.2) is 48.5 Å². The molecule has 3 heteroatoms. The second-order valence-corrected chi connectivity index (χ2v) is 6.35. The van der Waals surface area contributed by atoms with Crippen LogP contribution in [-0.2, 0) is 5.41 Å². The summed E-state index contributed by atoms with van der Waals surface area (Å²) >= 11 is 0. The Hall–Kier alpha value is -2.16. The zero-order chi connectivity index (χ0) is 16.3. The van der Waals surface area contributed by atoms with Gasteiger partial charge in [0.25, 0.3) is 5.91 Å². The van der Waals surface area contributed by atoms with E-state index >= 15 is 0 Å². The van der Waals surface area contributed by atoms with E-state index < -0.39 is 0 Å². The van der Waals surface area contributed by atoms with Crippen molar-refractivity contribution in [1.82, 2.24) is 0 Å². The Morgan fingerprint density at radius 1 is 1.00 bits per heavy atom. The lowest BCUT2D eigenvalue weighted by Gasteiger charge is -2.22. The normalized spacial score (nSPS) is 11.3. The molecule has 2 aromatic carbocycles. The van der Waals surface area contributed by atoms with E-state index in [4.69, 9.17) is 0 Å². The van der Waals surface area contributed by atoms with Crippen LogP contribution in [-0.4, -0.2) is 12.5 Å². The smallest absolute Gasteiger partial charge is 0.258 e. The molecule has 0 bridgehead atoms. The SMILES string of the molecule is CCN(C(=O)c1ccc(C(C)(C)C)cc1)c1ccc(F)cc1. The molecule has 2 nitrogen and oxygen atoms in total. The molecule has 0 aliphatic rings. The minimum Gasteiger partial charge on any atom is -0.309 e. The van der Waals surface area contributed by atoms with Gasteiger partial charge in [0.2, 0.25) is 0 Å². The second kappa shape index (κ2) is 6.30. The quantitative estimate of drug-likeness (QED) is 0.798. The van der Waals surface area contributed by atoms with Crippen LogP contribution in [0.5, 0.6) is 0 Å². The van der Waals surface area contributed by atoms with Crippen molar-refractivity contribution in [3.63, 3.8) is 0 Å². The van der Waals surface area contributed by atoms with Gasteiger partial charge in [-0.25, -0.2) is 4.39 Å². The van der Waals surface area contributed by atoms with E-state index in [1.807, 2.05) is 31.2 Å². The number of halogens is 1. The maximum atomic E-state index is 13.0. The predicted molar refractivity (Wildman–Crippen MR) is 88.9 cm³/mol. The lowest BCUT2D eigenvalue weighted by Crippen LogP contribution is -2.30. The van der Waals surface area contributed by atoms with Crippen molar-refractivity contribution in [1.29, 1.82) is 0 Å². The van der Waals surface area contributed by atoms with Crippen LogP contribution in [0.2, 0.25) is 0 Å². The molecule has 1 amide bonds. The summed E-state index contributed by atoms with van der Waals surface area (Å²) in [6.07, 6.45) is 0. The molecule has 2 rings (SSSR count). The lowest BCUT2D eigenvalue weighted by atomic mass is 9.86. The first-order chi connectivity index (χ1) is 10.3. The van der Waals surface area contributed by atoms with E-state index in [2.05, 4.69) is 20.8 Å². The number of amides is 1. The van der Waals surface area contributed by atoms with Gasteiger partial charge in [-0.1, -0.05) is 32.9 Å². The molecule has 0 aliphatic heterocycles. The summed E-state index contributed by atoms with van der Waals surface area (Å²) in [6.45, 7) is 8.86. The van der Waals surface area contributed by atoms with Gasteiger partial charge >= 0.3 is 0 Å². The second-order valence-electron chi connectivity index (χ2n) is 6.35. The largest absolute Gasteiger partial charge is 0.309 e. The number of anilines is 1. The van der Waals surface area contributed by atoms with Crippen LogP contribution >= 0.6 is 0 Å². The molecular weight excluding hydrogens is 277 g/mol. The molecule has 0 radical (unpaired) electrons. The maximum Gasteiger partial charge on any atom is 0.258 e. The third-order valence-electron chi connectivity index (χ3n) is 3.70. The van der Waals surface area contributed by atoms with Gasteiger partial charge < -0.3 is 4.90 Å². The van der Waals surface area contributed by atoms with Crippen molar-refractivity contribution in [2.24, 2.45) is 0 Å². The summed E-state index contributed by atoms with van der Waals surface area (Å²) in [5.74, 6) is -0.378. The molecule has 0 unspecified atom stereocenters. The molecule has 22 heavy (non-hydrogen) atoms. The number of carbonyl (C=O) groups is 1. The molecule has 0 saturated carbocycles. The van der Waals surface area contributed by atoms with Gasteiger partial charge in [-0.3, -0.25) is 4.79 Å². The Kier molecular flexibility index (Phi) is 4.65. The third kappa shape index (κ3) is 3.53. The molecule has 0 heterocycles.